The second-order valence-corrected chi connectivity index (χ2v) is 5.83. The third kappa shape index (κ3) is 3.54. The zero-order valence-electron chi connectivity index (χ0n) is 14.2. The van der Waals surface area contributed by atoms with Crippen molar-refractivity contribution in [3.8, 4) is 11.5 Å². The minimum atomic E-state index is 0.183. The van der Waals surface area contributed by atoms with E-state index in [1.54, 1.807) is 14.2 Å². The Balaban J connectivity index is 2.21. The molecule has 1 aromatic rings. The van der Waals surface area contributed by atoms with Crippen molar-refractivity contribution in [2.45, 2.75) is 25.9 Å². The molecule has 0 aliphatic carbocycles. The standard InChI is InChI=1S/C17H29N3O2/c1-5-19-8-9-20(12-13(19)2)16(11-18)15-7-6-14(21-3)10-17(15)22-4/h6-7,10,13,16H,5,8-9,11-12,18H2,1-4H3. The van der Waals surface area contributed by atoms with E-state index in [-0.39, 0.29) is 6.04 Å². The van der Waals surface area contributed by atoms with E-state index in [0.717, 1.165) is 43.2 Å². The van der Waals surface area contributed by atoms with Crippen molar-refractivity contribution in [1.29, 1.82) is 0 Å². The Labute approximate surface area is 134 Å². The van der Waals surface area contributed by atoms with Crippen LogP contribution in [0.1, 0.15) is 25.5 Å². The molecule has 1 aliphatic rings. The highest BCUT2D eigenvalue weighted by Crippen LogP contribution is 2.33. The fourth-order valence-corrected chi connectivity index (χ4v) is 3.34. The van der Waals surface area contributed by atoms with E-state index in [2.05, 4.69) is 29.7 Å². The molecule has 0 spiro atoms. The van der Waals surface area contributed by atoms with Gasteiger partial charge < -0.3 is 15.2 Å². The predicted molar refractivity (Wildman–Crippen MR) is 89.6 cm³/mol. The highest BCUT2D eigenvalue weighted by atomic mass is 16.5. The minimum absolute atomic E-state index is 0.183. The van der Waals surface area contributed by atoms with E-state index < -0.39 is 0 Å². The lowest BCUT2D eigenvalue weighted by molar-refractivity contribution is 0.0599. The van der Waals surface area contributed by atoms with Crippen LogP contribution in [-0.4, -0.2) is 62.8 Å². The number of ether oxygens (including phenoxy) is 2. The first-order chi connectivity index (χ1) is 10.6. The van der Waals surface area contributed by atoms with Crippen LogP contribution in [0.3, 0.4) is 0 Å². The SMILES string of the molecule is CCN1CCN(C(CN)c2ccc(OC)cc2OC)CC1C. The van der Waals surface area contributed by atoms with Crippen molar-refractivity contribution in [1.82, 2.24) is 9.80 Å². The minimum Gasteiger partial charge on any atom is -0.497 e. The second-order valence-electron chi connectivity index (χ2n) is 5.83. The number of likely N-dealkylation sites (N-methyl/N-ethyl adjacent to an activating group) is 1. The molecule has 2 unspecified atom stereocenters. The third-order valence-electron chi connectivity index (χ3n) is 4.67. The molecule has 1 saturated heterocycles. The molecule has 124 valence electrons. The molecule has 0 amide bonds. The van der Waals surface area contributed by atoms with Crippen molar-refractivity contribution in [2.75, 3.05) is 46.9 Å². The number of benzene rings is 1. The first-order valence-electron chi connectivity index (χ1n) is 8.04. The summed E-state index contributed by atoms with van der Waals surface area (Å²) < 4.78 is 10.8. The maximum Gasteiger partial charge on any atom is 0.127 e. The molecule has 1 heterocycles. The van der Waals surface area contributed by atoms with Crippen LogP contribution in [0.5, 0.6) is 11.5 Å². The van der Waals surface area contributed by atoms with E-state index in [4.69, 9.17) is 15.2 Å². The average molecular weight is 307 g/mol. The lowest BCUT2D eigenvalue weighted by atomic mass is 10.0. The van der Waals surface area contributed by atoms with Crippen molar-refractivity contribution in [3.05, 3.63) is 23.8 Å². The zero-order chi connectivity index (χ0) is 16.1. The fourth-order valence-electron chi connectivity index (χ4n) is 3.34. The van der Waals surface area contributed by atoms with Crippen LogP contribution in [0.15, 0.2) is 18.2 Å². The molecule has 0 bridgehead atoms. The highest BCUT2D eigenvalue weighted by molar-refractivity contribution is 5.42. The summed E-state index contributed by atoms with van der Waals surface area (Å²) in [5.41, 5.74) is 7.24. The van der Waals surface area contributed by atoms with Crippen LogP contribution >= 0.6 is 0 Å². The van der Waals surface area contributed by atoms with Gasteiger partial charge in [-0.05, 0) is 19.5 Å². The first kappa shape index (κ1) is 17.1. The van der Waals surface area contributed by atoms with E-state index in [1.165, 1.54) is 0 Å². The normalized spacial score (nSPS) is 21.6. The van der Waals surface area contributed by atoms with Gasteiger partial charge in [0.15, 0.2) is 0 Å². The van der Waals surface area contributed by atoms with E-state index in [9.17, 15) is 0 Å². The molecule has 5 heteroatoms. The number of rotatable bonds is 6. The lowest BCUT2D eigenvalue weighted by Crippen LogP contribution is -2.53. The summed E-state index contributed by atoms with van der Waals surface area (Å²) in [7, 11) is 3.37. The number of hydrogen-bond acceptors (Lipinski definition) is 5. The van der Waals surface area contributed by atoms with Gasteiger partial charge in [0.05, 0.1) is 20.3 Å². The first-order valence-corrected chi connectivity index (χ1v) is 8.04. The lowest BCUT2D eigenvalue weighted by Gasteiger charge is -2.43. The quantitative estimate of drug-likeness (QED) is 0.867. The summed E-state index contributed by atoms with van der Waals surface area (Å²) in [4.78, 5) is 4.98. The molecule has 1 fully saturated rings. The van der Waals surface area contributed by atoms with Gasteiger partial charge in [-0.2, -0.15) is 0 Å². The molecule has 2 N–H and O–H groups in total. The second kappa shape index (κ2) is 7.81. The summed E-state index contributed by atoms with van der Waals surface area (Å²) in [5.74, 6) is 1.65. The van der Waals surface area contributed by atoms with Crippen LogP contribution < -0.4 is 15.2 Å². The molecule has 0 saturated carbocycles. The van der Waals surface area contributed by atoms with Gasteiger partial charge >= 0.3 is 0 Å². The van der Waals surface area contributed by atoms with Crippen LogP contribution in [-0.2, 0) is 0 Å². The van der Waals surface area contributed by atoms with E-state index >= 15 is 0 Å². The van der Waals surface area contributed by atoms with Gasteiger partial charge in [-0.15, -0.1) is 0 Å². The number of piperazine rings is 1. The Bertz CT molecular complexity index is 481. The van der Waals surface area contributed by atoms with Gasteiger partial charge in [-0.1, -0.05) is 13.0 Å². The molecular weight excluding hydrogens is 278 g/mol. The predicted octanol–water partition coefficient (Wildman–Crippen LogP) is 1.73. The molecule has 1 aliphatic heterocycles. The number of nitrogens with two attached hydrogens (primary N) is 1. The van der Waals surface area contributed by atoms with Crippen LogP contribution in [0.25, 0.3) is 0 Å². The maximum absolute atomic E-state index is 6.10. The van der Waals surface area contributed by atoms with Crippen LogP contribution in [0.2, 0.25) is 0 Å². The molecule has 0 radical (unpaired) electrons. The molecule has 0 aromatic heterocycles. The molecule has 2 rings (SSSR count). The van der Waals surface area contributed by atoms with Gasteiger partial charge in [-0.3, -0.25) is 9.80 Å². The summed E-state index contributed by atoms with van der Waals surface area (Å²) in [6.45, 7) is 9.36. The van der Waals surface area contributed by atoms with Crippen LogP contribution in [0.4, 0.5) is 0 Å². The fraction of sp³-hybridized carbons (Fsp3) is 0.647. The summed E-state index contributed by atoms with van der Waals surface area (Å²) in [5, 5.41) is 0. The van der Waals surface area contributed by atoms with Gasteiger partial charge in [0.2, 0.25) is 0 Å². The third-order valence-corrected chi connectivity index (χ3v) is 4.67. The van der Waals surface area contributed by atoms with Crippen molar-refractivity contribution < 1.29 is 9.47 Å². The summed E-state index contributed by atoms with van der Waals surface area (Å²) in [6, 6.07) is 6.72. The molecule has 1 aromatic carbocycles. The topological polar surface area (TPSA) is 51.0 Å². The van der Waals surface area contributed by atoms with Crippen molar-refractivity contribution in [2.24, 2.45) is 5.73 Å². The van der Waals surface area contributed by atoms with Gasteiger partial charge in [0, 0.05) is 43.9 Å². The Morgan fingerprint density at radius 2 is 2.05 bits per heavy atom. The van der Waals surface area contributed by atoms with Gasteiger partial charge in [0.25, 0.3) is 0 Å². The Morgan fingerprint density at radius 3 is 2.59 bits per heavy atom. The molecule has 5 nitrogen and oxygen atoms in total. The largest absolute Gasteiger partial charge is 0.497 e. The Hall–Kier alpha value is -1.30. The number of hydrogen-bond donors (Lipinski definition) is 1. The van der Waals surface area contributed by atoms with Gasteiger partial charge in [-0.25, -0.2) is 0 Å². The highest BCUT2D eigenvalue weighted by Gasteiger charge is 2.29. The molecular formula is C17H29N3O2. The molecule has 22 heavy (non-hydrogen) atoms. The summed E-state index contributed by atoms with van der Waals surface area (Å²) >= 11 is 0. The van der Waals surface area contributed by atoms with Crippen molar-refractivity contribution >= 4 is 0 Å². The van der Waals surface area contributed by atoms with E-state index in [0.29, 0.717) is 12.6 Å². The zero-order valence-corrected chi connectivity index (χ0v) is 14.2. The number of nitrogens with zero attached hydrogens (tertiary/aromatic N) is 2. The van der Waals surface area contributed by atoms with Crippen molar-refractivity contribution in [3.63, 3.8) is 0 Å². The number of methoxy groups -OCH3 is 2. The van der Waals surface area contributed by atoms with Crippen LogP contribution in [0, 0.1) is 0 Å². The average Bonchev–Trinajstić information content (AvgIpc) is 2.56. The monoisotopic (exact) mass is 307 g/mol. The maximum atomic E-state index is 6.10. The Morgan fingerprint density at radius 1 is 1.27 bits per heavy atom. The van der Waals surface area contributed by atoms with E-state index in [1.807, 2.05) is 12.1 Å². The Kier molecular flexibility index (Phi) is 6.06. The molecule has 2 atom stereocenters. The summed E-state index contributed by atoms with van der Waals surface area (Å²) in [6.07, 6.45) is 0. The smallest absolute Gasteiger partial charge is 0.127 e. The van der Waals surface area contributed by atoms with Gasteiger partial charge in [0.1, 0.15) is 11.5 Å².